The Kier molecular flexibility index (Phi) is 3.92. The van der Waals surface area contributed by atoms with Gasteiger partial charge in [-0.05, 0) is 20.0 Å². The number of aliphatic hydroxyl groups excluding tert-OH is 1. The van der Waals surface area contributed by atoms with Crippen LogP contribution in [-0.2, 0) is 6.54 Å². The number of hydrogen-bond donors (Lipinski definition) is 2. The van der Waals surface area contributed by atoms with Crippen LogP contribution in [0.25, 0.3) is 0 Å². The Balaban J connectivity index is 2.64. The summed E-state index contributed by atoms with van der Waals surface area (Å²) in [6.07, 6.45) is 0. The van der Waals surface area contributed by atoms with Gasteiger partial charge < -0.3 is 10.2 Å². The second-order valence-corrected chi connectivity index (χ2v) is 3.58. The highest BCUT2D eigenvalue weighted by atomic mass is 16.3. The van der Waals surface area contributed by atoms with E-state index in [0.29, 0.717) is 12.3 Å². The summed E-state index contributed by atoms with van der Waals surface area (Å²) in [6.45, 7) is 2.72. The molecular weight excluding hydrogens is 178 g/mol. The fourth-order valence-electron chi connectivity index (χ4n) is 1.21. The fourth-order valence-corrected chi connectivity index (χ4v) is 1.21. The molecule has 14 heavy (non-hydrogen) atoms. The second kappa shape index (κ2) is 4.98. The molecule has 78 valence electrons. The van der Waals surface area contributed by atoms with Crippen molar-refractivity contribution in [3.8, 4) is 5.75 Å². The van der Waals surface area contributed by atoms with Crippen LogP contribution in [0.1, 0.15) is 12.5 Å². The van der Waals surface area contributed by atoms with Crippen LogP contribution in [0, 0.1) is 0 Å². The first-order valence-electron chi connectivity index (χ1n) is 4.73. The predicted molar refractivity (Wildman–Crippen MR) is 56.1 cm³/mol. The first-order chi connectivity index (χ1) is 6.65. The molecule has 0 aliphatic rings. The van der Waals surface area contributed by atoms with E-state index in [4.69, 9.17) is 5.11 Å². The Hall–Kier alpha value is -1.06. The third kappa shape index (κ3) is 2.72. The maximum absolute atomic E-state index is 9.52. The van der Waals surface area contributed by atoms with E-state index in [1.807, 2.05) is 31.0 Å². The Morgan fingerprint density at radius 2 is 2.00 bits per heavy atom. The van der Waals surface area contributed by atoms with Crippen LogP contribution in [0.3, 0.4) is 0 Å². The van der Waals surface area contributed by atoms with Gasteiger partial charge in [-0.25, -0.2) is 0 Å². The van der Waals surface area contributed by atoms with Crippen molar-refractivity contribution in [2.75, 3.05) is 13.7 Å². The number of likely N-dealkylation sites (N-methyl/N-ethyl adjacent to an activating group) is 1. The molecule has 0 saturated heterocycles. The standard InChI is InChI=1S/C11H17NO2/c1-9(8-13)12(2)7-10-5-3-4-6-11(10)14/h3-6,9,13-14H,7-8H2,1-2H3/t9-/m0/s1. The molecule has 0 aliphatic carbocycles. The van der Waals surface area contributed by atoms with Gasteiger partial charge in [0.15, 0.2) is 0 Å². The number of phenolic OH excluding ortho intramolecular Hbond substituents is 1. The minimum Gasteiger partial charge on any atom is -0.508 e. The molecule has 3 heteroatoms. The Morgan fingerprint density at radius 1 is 1.36 bits per heavy atom. The van der Waals surface area contributed by atoms with Gasteiger partial charge in [0.25, 0.3) is 0 Å². The minimum absolute atomic E-state index is 0.106. The summed E-state index contributed by atoms with van der Waals surface area (Å²) in [5, 5.41) is 18.5. The van der Waals surface area contributed by atoms with Crippen LogP contribution < -0.4 is 0 Å². The van der Waals surface area contributed by atoms with Crippen LogP contribution in [0.4, 0.5) is 0 Å². The predicted octanol–water partition coefficient (Wildman–Crippen LogP) is 1.20. The lowest BCUT2D eigenvalue weighted by Crippen LogP contribution is -2.31. The quantitative estimate of drug-likeness (QED) is 0.759. The molecule has 0 fully saturated rings. The largest absolute Gasteiger partial charge is 0.508 e. The Bertz CT molecular complexity index is 288. The van der Waals surface area contributed by atoms with Crippen molar-refractivity contribution in [1.29, 1.82) is 0 Å². The number of nitrogens with zero attached hydrogens (tertiary/aromatic N) is 1. The molecule has 1 atom stereocenters. The summed E-state index contributed by atoms with van der Waals surface area (Å²) in [7, 11) is 1.92. The molecule has 3 nitrogen and oxygen atoms in total. The summed E-state index contributed by atoms with van der Waals surface area (Å²) in [5.74, 6) is 0.310. The SMILES string of the molecule is C[C@@H](CO)N(C)Cc1ccccc1O. The fraction of sp³-hybridized carbons (Fsp3) is 0.455. The maximum atomic E-state index is 9.52. The topological polar surface area (TPSA) is 43.7 Å². The first-order valence-corrected chi connectivity index (χ1v) is 4.73. The van der Waals surface area contributed by atoms with Gasteiger partial charge in [-0.1, -0.05) is 18.2 Å². The number of aliphatic hydroxyl groups is 1. The third-order valence-corrected chi connectivity index (χ3v) is 2.43. The van der Waals surface area contributed by atoms with Crippen molar-refractivity contribution < 1.29 is 10.2 Å². The van der Waals surface area contributed by atoms with Crippen LogP contribution in [0.2, 0.25) is 0 Å². The Labute approximate surface area is 84.6 Å². The van der Waals surface area contributed by atoms with E-state index in [0.717, 1.165) is 5.56 Å². The number of aromatic hydroxyl groups is 1. The summed E-state index contributed by atoms with van der Waals surface area (Å²) < 4.78 is 0. The van der Waals surface area contributed by atoms with Crippen molar-refractivity contribution >= 4 is 0 Å². The number of phenols is 1. The normalized spacial score (nSPS) is 13.1. The summed E-state index contributed by atoms with van der Waals surface area (Å²) in [6, 6.07) is 7.36. The van der Waals surface area contributed by atoms with Crippen LogP contribution in [0.5, 0.6) is 5.75 Å². The molecule has 0 aliphatic heterocycles. The molecule has 0 heterocycles. The molecule has 0 aromatic heterocycles. The monoisotopic (exact) mass is 195 g/mol. The Morgan fingerprint density at radius 3 is 2.57 bits per heavy atom. The molecular formula is C11H17NO2. The van der Waals surface area contributed by atoms with E-state index in [1.54, 1.807) is 12.1 Å². The smallest absolute Gasteiger partial charge is 0.120 e. The van der Waals surface area contributed by atoms with Crippen LogP contribution in [-0.4, -0.2) is 34.8 Å². The van der Waals surface area contributed by atoms with Gasteiger partial charge in [0.2, 0.25) is 0 Å². The van der Waals surface area contributed by atoms with Crippen molar-refractivity contribution in [2.24, 2.45) is 0 Å². The maximum Gasteiger partial charge on any atom is 0.120 e. The average Bonchev–Trinajstić information content (AvgIpc) is 2.20. The first kappa shape index (κ1) is 11.0. The van der Waals surface area contributed by atoms with E-state index in [1.165, 1.54) is 0 Å². The lowest BCUT2D eigenvalue weighted by atomic mass is 10.2. The molecule has 2 N–H and O–H groups in total. The van der Waals surface area contributed by atoms with Gasteiger partial charge in [0, 0.05) is 18.2 Å². The molecule has 1 rings (SSSR count). The number of para-hydroxylation sites is 1. The zero-order chi connectivity index (χ0) is 10.6. The van der Waals surface area contributed by atoms with Gasteiger partial charge in [-0.3, -0.25) is 4.90 Å². The zero-order valence-electron chi connectivity index (χ0n) is 8.64. The van der Waals surface area contributed by atoms with Gasteiger partial charge in [0.1, 0.15) is 5.75 Å². The highest BCUT2D eigenvalue weighted by Gasteiger charge is 2.09. The van der Waals surface area contributed by atoms with Crippen LogP contribution in [0.15, 0.2) is 24.3 Å². The molecule has 1 aromatic rings. The molecule has 0 unspecified atom stereocenters. The highest BCUT2D eigenvalue weighted by molar-refractivity contribution is 5.31. The van der Waals surface area contributed by atoms with Crippen LogP contribution >= 0.6 is 0 Å². The molecule has 0 radical (unpaired) electrons. The van der Waals surface area contributed by atoms with Gasteiger partial charge >= 0.3 is 0 Å². The average molecular weight is 195 g/mol. The lowest BCUT2D eigenvalue weighted by molar-refractivity contribution is 0.153. The number of hydrogen-bond acceptors (Lipinski definition) is 3. The summed E-state index contributed by atoms with van der Waals surface area (Å²) in [4.78, 5) is 2.00. The molecule has 0 saturated carbocycles. The third-order valence-electron chi connectivity index (χ3n) is 2.43. The summed E-state index contributed by atoms with van der Waals surface area (Å²) in [5.41, 5.74) is 0.885. The highest BCUT2D eigenvalue weighted by Crippen LogP contribution is 2.17. The van der Waals surface area contributed by atoms with Gasteiger partial charge in [0.05, 0.1) is 6.61 Å². The van der Waals surface area contributed by atoms with Crippen molar-refractivity contribution in [3.05, 3.63) is 29.8 Å². The van der Waals surface area contributed by atoms with E-state index >= 15 is 0 Å². The van der Waals surface area contributed by atoms with Crippen molar-refractivity contribution in [3.63, 3.8) is 0 Å². The number of rotatable bonds is 4. The molecule has 0 spiro atoms. The van der Waals surface area contributed by atoms with Crippen molar-refractivity contribution in [1.82, 2.24) is 4.90 Å². The van der Waals surface area contributed by atoms with E-state index in [-0.39, 0.29) is 12.6 Å². The minimum atomic E-state index is 0.106. The molecule has 1 aromatic carbocycles. The molecule has 0 amide bonds. The second-order valence-electron chi connectivity index (χ2n) is 3.58. The van der Waals surface area contributed by atoms with Gasteiger partial charge in [-0.2, -0.15) is 0 Å². The van der Waals surface area contributed by atoms with Gasteiger partial charge in [-0.15, -0.1) is 0 Å². The van der Waals surface area contributed by atoms with E-state index in [2.05, 4.69) is 0 Å². The van der Waals surface area contributed by atoms with Crippen molar-refractivity contribution in [2.45, 2.75) is 19.5 Å². The lowest BCUT2D eigenvalue weighted by Gasteiger charge is -2.23. The molecule has 0 bridgehead atoms. The zero-order valence-corrected chi connectivity index (χ0v) is 8.64. The summed E-state index contributed by atoms with van der Waals surface area (Å²) >= 11 is 0. The van der Waals surface area contributed by atoms with E-state index < -0.39 is 0 Å². The van der Waals surface area contributed by atoms with E-state index in [9.17, 15) is 5.11 Å². The number of benzene rings is 1.